The molecule has 1 aliphatic heterocycles. The van der Waals surface area contributed by atoms with Crippen LogP contribution < -0.4 is 5.73 Å². The molecule has 3 heterocycles. The van der Waals surface area contributed by atoms with E-state index in [1.165, 1.54) is 10.9 Å². The standard InChI is InChI=1S/C20H21N5O3/c21-20-16(13-22-25(20)14-5-2-1-3-6-14)19(27)17-7-4-12-24(17)18(26)9-8-15-10-11-23-28-15/h1-3,5-6,10-11,13,17H,4,7-9,12,21H2/t17-/m0/s1. The summed E-state index contributed by atoms with van der Waals surface area (Å²) in [5.41, 5.74) is 7.34. The van der Waals surface area contributed by atoms with Crippen molar-refractivity contribution in [2.75, 3.05) is 12.3 Å². The fraction of sp³-hybridized carbons (Fsp3) is 0.300. The largest absolute Gasteiger partial charge is 0.383 e. The number of carbonyl (C=O) groups is 2. The van der Waals surface area contributed by atoms with Crippen molar-refractivity contribution < 1.29 is 14.1 Å². The minimum atomic E-state index is -0.502. The highest BCUT2D eigenvalue weighted by Gasteiger charge is 2.36. The molecule has 1 atom stereocenters. The monoisotopic (exact) mass is 379 g/mol. The van der Waals surface area contributed by atoms with Gasteiger partial charge in [0.15, 0.2) is 5.78 Å². The Labute approximate surface area is 161 Å². The Morgan fingerprint density at radius 3 is 2.79 bits per heavy atom. The average molecular weight is 379 g/mol. The molecule has 0 radical (unpaired) electrons. The first kappa shape index (κ1) is 18.0. The van der Waals surface area contributed by atoms with Gasteiger partial charge in [0.05, 0.1) is 29.7 Å². The van der Waals surface area contributed by atoms with Gasteiger partial charge in [-0.15, -0.1) is 0 Å². The van der Waals surface area contributed by atoms with E-state index in [1.807, 2.05) is 30.3 Å². The molecule has 28 heavy (non-hydrogen) atoms. The topological polar surface area (TPSA) is 107 Å². The molecule has 1 saturated heterocycles. The van der Waals surface area contributed by atoms with Crippen LogP contribution in [0.15, 0.2) is 53.3 Å². The SMILES string of the molecule is Nc1c(C(=O)[C@@H]2CCCN2C(=O)CCc2ccno2)cnn1-c1ccccc1. The van der Waals surface area contributed by atoms with Crippen LogP contribution in [0.5, 0.6) is 0 Å². The summed E-state index contributed by atoms with van der Waals surface area (Å²) in [6.07, 6.45) is 5.19. The van der Waals surface area contributed by atoms with Crippen molar-refractivity contribution in [2.24, 2.45) is 0 Å². The number of anilines is 1. The number of nitrogens with zero attached hydrogens (tertiary/aromatic N) is 4. The summed E-state index contributed by atoms with van der Waals surface area (Å²) in [5.74, 6) is 0.715. The first-order chi connectivity index (χ1) is 13.6. The lowest BCUT2D eigenvalue weighted by molar-refractivity contribution is -0.131. The number of hydrogen-bond acceptors (Lipinski definition) is 6. The van der Waals surface area contributed by atoms with E-state index in [9.17, 15) is 9.59 Å². The minimum Gasteiger partial charge on any atom is -0.383 e. The summed E-state index contributed by atoms with van der Waals surface area (Å²) >= 11 is 0. The van der Waals surface area contributed by atoms with E-state index in [2.05, 4.69) is 10.3 Å². The fourth-order valence-corrected chi connectivity index (χ4v) is 3.58. The highest BCUT2D eigenvalue weighted by molar-refractivity contribution is 6.05. The molecule has 1 aliphatic rings. The third-order valence-corrected chi connectivity index (χ3v) is 5.02. The first-order valence-corrected chi connectivity index (χ1v) is 9.27. The van der Waals surface area contributed by atoms with Crippen LogP contribution in [0, 0.1) is 0 Å². The van der Waals surface area contributed by atoms with Crippen molar-refractivity contribution in [1.29, 1.82) is 0 Å². The van der Waals surface area contributed by atoms with Crippen molar-refractivity contribution in [3.63, 3.8) is 0 Å². The number of hydrogen-bond donors (Lipinski definition) is 1. The number of carbonyl (C=O) groups excluding carboxylic acids is 2. The normalized spacial score (nSPS) is 16.4. The maximum atomic E-state index is 13.1. The number of benzene rings is 1. The summed E-state index contributed by atoms with van der Waals surface area (Å²) in [4.78, 5) is 27.4. The number of nitrogens with two attached hydrogens (primary N) is 1. The molecule has 2 N–H and O–H groups in total. The molecule has 3 aromatic rings. The van der Waals surface area contributed by atoms with Gasteiger partial charge in [0.25, 0.3) is 0 Å². The van der Waals surface area contributed by atoms with E-state index >= 15 is 0 Å². The molecule has 4 rings (SSSR count). The van der Waals surface area contributed by atoms with E-state index < -0.39 is 6.04 Å². The van der Waals surface area contributed by atoms with Gasteiger partial charge in [-0.1, -0.05) is 23.4 Å². The zero-order chi connectivity index (χ0) is 19.5. The molecule has 1 amide bonds. The lowest BCUT2D eigenvalue weighted by Crippen LogP contribution is -2.40. The van der Waals surface area contributed by atoms with Crippen molar-refractivity contribution in [2.45, 2.75) is 31.7 Å². The van der Waals surface area contributed by atoms with E-state index in [0.29, 0.717) is 30.7 Å². The molecular formula is C20H21N5O3. The maximum Gasteiger partial charge on any atom is 0.223 e. The van der Waals surface area contributed by atoms with Crippen LogP contribution in [-0.2, 0) is 11.2 Å². The summed E-state index contributed by atoms with van der Waals surface area (Å²) in [6, 6.07) is 10.6. The third-order valence-electron chi connectivity index (χ3n) is 5.02. The Bertz CT molecular complexity index is 965. The van der Waals surface area contributed by atoms with Gasteiger partial charge in [0.1, 0.15) is 11.6 Å². The summed E-state index contributed by atoms with van der Waals surface area (Å²) in [5, 5.41) is 7.91. The van der Waals surface area contributed by atoms with Crippen molar-refractivity contribution in [3.8, 4) is 5.69 Å². The Kier molecular flexibility index (Phi) is 4.92. The van der Waals surface area contributed by atoms with Crippen molar-refractivity contribution in [3.05, 3.63) is 60.1 Å². The van der Waals surface area contributed by atoms with Gasteiger partial charge >= 0.3 is 0 Å². The smallest absolute Gasteiger partial charge is 0.223 e. The highest BCUT2D eigenvalue weighted by Crippen LogP contribution is 2.26. The molecule has 0 spiro atoms. The first-order valence-electron chi connectivity index (χ1n) is 9.27. The molecule has 144 valence electrons. The van der Waals surface area contributed by atoms with Crippen LogP contribution in [0.25, 0.3) is 5.69 Å². The number of rotatable bonds is 6. The Balaban J connectivity index is 1.49. The zero-order valence-corrected chi connectivity index (χ0v) is 15.3. The van der Waals surface area contributed by atoms with Gasteiger partial charge in [0.2, 0.25) is 5.91 Å². The summed E-state index contributed by atoms with van der Waals surface area (Å²) in [7, 11) is 0. The molecular weight excluding hydrogens is 358 g/mol. The van der Waals surface area contributed by atoms with Crippen LogP contribution in [-0.4, -0.2) is 44.1 Å². The number of likely N-dealkylation sites (tertiary alicyclic amines) is 1. The fourth-order valence-electron chi connectivity index (χ4n) is 3.58. The van der Waals surface area contributed by atoms with E-state index in [-0.39, 0.29) is 23.9 Å². The maximum absolute atomic E-state index is 13.1. The van der Waals surface area contributed by atoms with Gasteiger partial charge in [-0.3, -0.25) is 9.59 Å². The highest BCUT2D eigenvalue weighted by atomic mass is 16.5. The molecule has 0 unspecified atom stereocenters. The predicted octanol–water partition coefficient (Wildman–Crippen LogP) is 2.25. The minimum absolute atomic E-state index is 0.0683. The van der Waals surface area contributed by atoms with Crippen LogP contribution in [0.1, 0.15) is 35.4 Å². The predicted molar refractivity (Wildman–Crippen MR) is 102 cm³/mol. The second-order valence-electron chi connectivity index (χ2n) is 6.78. The molecule has 1 aromatic carbocycles. The molecule has 0 bridgehead atoms. The zero-order valence-electron chi connectivity index (χ0n) is 15.3. The van der Waals surface area contributed by atoms with E-state index in [0.717, 1.165) is 12.1 Å². The van der Waals surface area contributed by atoms with Crippen molar-refractivity contribution in [1.82, 2.24) is 19.8 Å². The molecule has 2 aromatic heterocycles. The molecule has 8 nitrogen and oxygen atoms in total. The number of para-hydroxylation sites is 1. The van der Waals surface area contributed by atoms with Crippen LogP contribution in [0.2, 0.25) is 0 Å². The van der Waals surface area contributed by atoms with Gasteiger partial charge in [-0.25, -0.2) is 4.68 Å². The van der Waals surface area contributed by atoms with Crippen LogP contribution in [0.4, 0.5) is 5.82 Å². The number of aromatic nitrogens is 3. The average Bonchev–Trinajstić information content (AvgIpc) is 3.47. The summed E-state index contributed by atoms with van der Waals surface area (Å²) in [6.45, 7) is 0.568. The second-order valence-corrected chi connectivity index (χ2v) is 6.78. The van der Waals surface area contributed by atoms with Gasteiger partial charge in [-0.05, 0) is 25.0 Å². The van der Waals surface area contributed by atoms with Crippen molar-refractivity contribution >= 4 is 17.5 Å². The van der Waals surface area contributed by atoms with Gasteiger partial charge < -0.3 is 15.2 Å². The lowest BCUT2D eigenvalue weighted by Gasteiger charge is -2.23. The van der Waals surface area contributed by atoms with E-state index in [1.54, 1.807) is 17.2 Å². The quantitative estimate of drug-likeness (QED) is 0.658. The summed E-state index contributed by atoms with van der Waals surface area (Å²) < 4.78 is 6.58. The third kappa shape index (κ3) is 3.40. The number of aryl methyl sites for hydroxylation is 1. The molecule has 0 aliphatic carbocycles. The molecule has 0 saturated carbocycles. The molecule has 1 fully saturated rings. The van der Waals surface area contributed by atoms with E-state index in [4.69, 9.17) is 10.3 Å². The number of amides is 1. The van der Waals surface area contributed by atoms with Gasteiger partial charge in [0, 0.05) is 25.5 Å². The van der Waals surface area contributed by atoms with Crippen LogP contribution >= 0.6 is 0 Å². The number of Topliss-reactive ketones (excluding diaryl/α,β-unsaturated/α-hetero) is 1. The van der Waals surface area contributed by atoms with Gasteiger partial charge in [-0.2, -0.15) is 5.10 Å². The van der Waals surface area contributed by atoms with Crippen LogP contribution in [0.3, 0.4) is 0 Å². The number of ketones is 1. The Morgan fingerprint density at radius 1 is 1.21 bits per heavy atom. The number of nitrogen functional groups attached to an aromatic ring is 1. The Hall–Kier alpha value is -3.42. The lowest BCUT2D eigenvalue weighted by atomic mass is 10.0. The molecule has 8 heteroatoms. The second kappa shape index (κ2) is 7.67. The Morgan fingerprint density at radius 2 is 2.04 bits per heavy atom.